The Morgan fingerprint density at radius 3 is 2.45 bits per heavy atom. The lowest BCUT2D eigenvalue weighted by Gasteiger charge is -2.47. The molecule has 4 heterocycles. The molecule has 206 valence electrons. The van der Waals surface area contributed by atoms with E-state index in [9.17, 15) is 9.59 Å². The highest BCUT2D eigenvalue weighted by Crippen LogP contribution is 2.27. The van der Waals surface area contributed by atoms with Crippen molar-refractivity contribution in [2.45, 2.75) is 71.5 Å². The minimum Gasteiger partial charge on any atom is -0.383 e. The fourth-order valence-electron chi connectivity index (χ4n) is 5.41. The summed E-state index contributed by atoms with van der Waals surface area (Å²) in [5, 5.41) is 3.23. The monoisotopic (exact) mass is 542 g/mol. The molecule has 2 saturated heterocycles. The number of nitrogens with one attached hydrogen (secondary N) is 1. The van der Waals surface area contributed by atoms with E-state index in [0.717, 1.165) is 50.4 Å². The minimum absolute atomic E-state index is 0.0874. The van der Waals surface area contributed by atoms with Gasteiger partial charge in [0.05, 0.1) is 17.5 Å². The first kappa shape index (κ1) is 28.0. The van der Waals surface area contributed by atoms with E-state index in [1.54, 1.807) is 18.3 Å². The Labute approximate surface area is 230 Å². The van der Waals surface area contributed by atoms with Gasteiger partial charge in [0.2, 0.25) is 0 Å². The van der Waals surface area contributed by atoms with Crippen molar-refractivity contribution in [2.75, 3.05) is 43.4 Å². The second-order valence-corrected chi connectivity index (χ2v) is 11.6. The number of aryl methyl sites for hydroxylation is 1. The van der Waals surface area contributed by atoms with Gasteiger partial charge in [-0.3, -0.25) is 14.5 Å². The van der Waals surface area contributed by atoms with Crippen LogP contribution in [0.15, 0.2) is 18.3 Å². The maximum atomic E-state index is 13.0. The van der Waals surface area contributed by atoms with Crippen molar-refractivity contribution in [3.63, 3.8) is 0 Å². The van der Waals surface area contributed by atoms with Crippen LogP contribution in [-0.2, 0) is 0 Å². The van der Waals surface area contributed by atoms with Crippen LogP contribution >= 0.6 is 11.6 Å². The van der Waals surface area contributed by atoms with Crippen LogP contribution in [0.5, 0.6) is 0 Å². The first-order valence-corrected chi connectivity index (χ1v) is 13.7. The third-order valence-electron chi connectivity index (χ3n) is 7.28. The Balaban J connectivity index is 1.36. The average Bonchev–Trinajstić information content (AvgIpc) is 2.87. The molecule has 3 N–H and O–H groups in total. The number of carbonyl (C=O) groups excluding carboxylic acids is 2. The van der Waals surface area contributed by atoms with E-state index in [-0.39, 0.29) is 28.3 Å². The first-order valence-electron chi connectivity index (χ1n) is 13.3. The van der Waals surface area contributed by atoms with Crippen LogP contribution in [0.2, 0.25) is 5.15 Å². The summed E-state index contributed by atoms with van der Waals surface area (Å²) < 4.78 is 0. The highest BCUT2D eigenvalue weighted by atomic mass is 35.5. The van der Waals surface area contributed by atoms with Crippen LogP contribution in [0.3, 0.4) is 0 Å². The molecule has 38 heavy (non-hydrogen) atoms. The summed E-state index contributed by atoms with van der Waals surface area (Å²) in [4.78, 5) is 45.5. The largest absolute Gasteiger partial charge is 0.383 e. The van der Waals surface area contributed by atoms with E-state index in [4.69, 9.17) is 17.3 Å². The van der Waals surface area contributed by atoms with Crippen molar-refractivity contribution in [3.8, 4) is 0 Å². The maximum Gasteiger partial charge on any atom is 0.271 e. The third-order valence-corrected chi connectivity index (χ3v) is 7.49. The fourth-order valence-corrected chi connectivity index (χ4v) is 5.56. The Bertz CT molecular complexity index is 1180. The van der Waals surface area contributed by atoms with E-state index < -0.39 is 0 Å². The summed E-state index contributed by atoms with van der Waals surface area (Å²) in [6.07, 6.45) is 4.42. The molecule has 0 aromatic carbocycles. The molecule has 0 bridgehead atoms. The zero-order valence-corrected chi connectivity index (χ0v) is 23.8. The molecule has 10 nitrogen and oxygen atoms in total. The maximum absolute atomic E-state index is 13.0. The van der Waals surface area contributed by atoms with Crippen LogP contribution in [0.1, 0.15) is 73.5 Å². The number of hydrogen-bond acceptors (Lipinski definition) is 8. The number of rotatable bonds is 5. The second-order valence-electron chi connectivity index (χ2n) is 11.2. The van der Waals surface area contributed by atoms with Gasteiger partial charge < -0.3 is 20.9 Å². The average molecular weight is 543 g/mol. The predicted molar refractivity (Wildman–Crippen MR) is 150 cm³/mol. The smallest absolute Gasteiger partial charge is 0.271 e. The number of anilines is 2. The minimum atomic E-state index is -0.333. The summed E-state index contributed by atoms with van der Waals surface area (Å²) in [6, 6.07) is 4.04. The van der Waals surface area contributed by atoms with Gasteiger partial charge in [-0.2, -0.15) is 0 Å². The van der Waals surface area contributed by atoms with Crippen molar-refractivity contribution in [3.05, 3.63) is 40.4 Å². The number of halogens is 1. The summed E-state index contributed by atoms with van der Waals surface area (Å²) in [7, 11) is 0. The first-order chi connectivity index (χ1) is 18.0. The number of likely N-dealkylation sites (tertiary alicyclic amines) is 1. The molecule has 2 fully saturated rings. The molecule has 0 saturated carbocycles. The molecular weight excluding hydrogens is 504 g/mol. The molecule has 4 rings (SSSR count). The molecule has 2 aliphatic heterocycles. The number of nitrogens with zero attached hydrogens (tertiary/aromatic N) is 6. The van der Waals surface area contributed by atoms with Crippen LogP contribution in [0.4, 0.5) is 11.6 Å². The molecular formula is C27H39ClN8O2. The normalized spacial score (nSPS) is 19.5. The Kier molecular flexibility index (Phi) is 8.42. The van der Waals surface area contributed by atoms with Gasteiger partial charge >= 0.3 is 0 Å². The number of piperazine rings is 1. The summed E-state index contributed by atoms with van der Waals surface area (Å²) in [6.45, 7) is 13.9. The molecule has 2 aromatic heterocycles. The van der Waals surface area contributed by atoms with Gasteiger partial charge in [-0.1, -0.05) is 18.5 Å². The lowest BCUT2D eigenvalue weighted by molar-refractivity contribution is 0.0491. The third kappa shape index (κ3) is 6.35. The SMILES string of the molecule is CC[C@H]1CN(c2ncc(C(=O)NC(C)(C)C)nc2C)CCN1C1CCN(C(=O)c2ccc(Cl)nc2N)CC1. The number of nitrogen functional groups attached to an aromatic ring is 1. The van der Waals surface area contributed by atoms with Crippen LogP contribution in [-0.4, -0.2) is 86.9 Å². The number of carbonyl (C=O) groups is 2. The van der Waals surface area contributed by atoms with Gasteiger partial charge in [0.25, 0.3) is 11.8 Å². The van der Waals surface area contributed by atoms with E-state index >= 15 is 0 Å². The predicted octanol–water partition coefficient (Wildman–Crippen LogP) is 3.15. The lowest BCUT2D eigenvalue weighted by Crippen LogP contribution is -2.59. The number of nitrogens with two attached hydrogens (primary N) is 1. The van der Waals surface area contributed by atoms with Crippen LogP contribution < -0.4 is 16.0 Å². The van der Waals surface area contributed by atoms with Crippen molar-refractivity contribution in [1.82, 2.24) is 30.1 Å². The summed E-state index contributed by atoms with van der Waals surface area (Å²) >= 11 is 5.89. The van der Waals surface area contributed by atoms with Crippen molar-refractivity contribution in [2.24, 2.45) is 0 Å². The standard InChI is InChI=1S/C27H39ClN8O2/c1-6-18-16-35(24-17(2)31-21(15-30-24)25(37)33-27(3,4)5)13-14-36(18)19-9-11-34(12-10-19)26(38)20-7-8-22(28)32-23(20)29/h7-8,15,18-19H,6,9-14,16H2,1-5H3,(H2,29,32)(H,33,37)/t18-/m0/s1. The molecule has 1 atom stereocenters. The van der Waals surface area contributed by atoms with Crippen molar-refractivity contribution < 1.29 is 9.59 Å². The summed E-state index contributed by atoms with van der Waals surface area (Å²) in [5.41, 5.74) is 7.12. The lowest BCUT2D eigenvalue weighted by atomic mass is 9.97. The number of hydrogen-bond donors (Lipinski definition) is 2. The Morgan fingerprint density at radius 1 is 1.13 bits per heavy atom. The van der Waals surface area contributed by atoms with Gasteiger partial charge in [0.1, 0.15) is 22.5 Å². The molecule has 2 aliphatic rings. The van der Waals surface area contributed by atoms with E-state index in [2.05, 4.69) is 37.0 Å². The molecule has 2 amide bonds. The van der Waals surface area contributed by atoms with Gasteiger partial charge in [0.15, 0.2) is 0 Å². The van der Waals surface area contributed by atoms with Gasteiger partial charge in [0, 0.05) is 50.3 Å². The number of piperidine rings is 1. The molecule has 0 spiro atoms. The van der Waals surface area contributed by atoms with E-state index in [1.165, 1.54) is 0 Å². The second kappa shape index (κ2) is 11.4. The highest BCUT2D eigenvalue weighted by molar-refractivity contribution is 6.29. The quantitative estimate of drug-likeness (QED) is 0.553. The van der Waals surface area contributed by atoms with Gasteiger partial charge in [-0.25, -0.2) is 15.0 Å². The zero-order valence-electron chi connectivity index (χ0n) is 23.0. The molecule has 0 radical (unpaired) electrons. The van der Waals surface area contributed by atoms with Gasteiger partial charge in [-0.05, 0) is 59.1 Å². The van der Waals surface area contributed by atoms with Gasteiger partial charge in [-0.15, -0.1) is 0 Å². The molecule has 0 aliphatic carbocycles. The molecule has 2 aromatic rings. The highest BCUT2D eigenvalue weighted by Gasteiger charge is 2.35. The fraction of sp³-hybridized carbons (Fsp3) is 0.593. The molecule has 0 unspecified atom stereocenters. The zero-order chi connectivity index (χ0) is 27.6. The number of pyridine rings is 1. The Hall–Kier alpha value is -2.98. The topological polar surface area (TPSA) is 121 Å². The van der Waals surface area contributed by atoms with Crippen LogP contribution in [0, 0.1) is 6.92 Å². The summed E-state index contributed by atoms with van der Waals surface area (Å²) in [5.74, 6) is 0.712. The molecule has 11 heteroatoms. The number of aromatic nitrogens is 3. The number of amides is 2. The van der Waals surface area contributed by atoms with E-state index in [1.807, 2.05) is 32.6 Å². The Morgan fingerprint density at radius 2 is 1.84 bits per heavy atom. The van der Waals surface area contributed by atoms with Crippen molar-refractivity contribution >= 4 is 35.1 Å². The van der Waals surface area contributed by atoms with Crippen molar-refractivity contribution in [1.29, 1.82) is 0 Å². The van der Waals surface area contributed by atoms with Crippen LogP contribution in [0.25, 0.3) is 0 Å². The van der Waals surface area contributed by atoms with E-state index in [0.29, 0.717) is 36.4 Å².